The molecule has 108 valence electrons. The van der Waals surface area contributed by atoms with E-state index in [1.165, 1.54) is 12.1 Å². The van der Waals surface area contributed by atoms with Crippen LogP contribution in [-0.4, -0.2) is 38.6 Å². The summed E-state index contributed by atoms with van der Waals surface area (Å²) in [7, 11) is 4.23. The molecule has 1 aromatic rings. The van der Waals surface area contributed by atoms with E-state index in [-0.39, 0.29) is 6.04 Å². The first kappa shape index (κ1) is 16.5. The molecule has 0 heterocycles. The molecule has 1 aromatic carbocycles. The van der Waals surface area contributed by atoms with E-state index < -0.39 is 0 Å². The van der Waals surface area contributed by atoms with E-state index in [4.69, 9.17) is 5.73 Å². The monoisotopic (exact) mass is 327 g/mol. The Balaban J connectivity index is 2.73. The molecule has 0 fully saturated rings. The number of benzene rings is 1. The lowest BCUT2D eigenvalue weighted by molar-refractivity contribution is 0.400. The Hall–Kier alpha value is -0.580. The minimum absolute atomic E-state index is 0.0623. The molecule has 0 aliphatic rings. The summed E-state index contributed by atoms with van der Waals surface area (Å²) in [5.41, 5.74) is 8.36. The summed E-state index contributed by atoms with van der Waals surface area (Å²) >= 11 is 3.62. The Labute approximate surface area is 125 Å². The third kappa shape index (κ3) is 5.13. The quantitative estimate of drug-likeness (QED) is 0.834. The fourth-order valence-electron chi connectivity index (χ4n) is 2.13. The summed E-state index contributed by atoms with van der Waals surface area (Å²) in [6.45, 7) is 7.43. The number of hydrogen-bond acceptors (Lipinski definition) is 3. The largest absolute Gasteiger partial charge is 0.372 e. The summed E-state index contributed by atoms with van der Waals surface area (Å²) in [5, 5.41) is 0. The van der Waals surface area contributed by atoms with Crippen LogP contribution in [-0.2, 0) is 0 Å². The summed E-state index contributed by atoms with van der Waals surface area (Å²) in [4.78, 5) is 4.63. The van der Waals surface area contributed by atoms with Crippen molar-refractivity contribution in [2.75, 3.05) is 38.6 Å². The lowest BCUT2D eigenvalue weighted by atomic mass is 10.1. The zero-order valence-electron chi connectivity index (χ0n) is 12.5. The van der Waals surface area contributed by atoms with E-state index in [0.717, 1.165) is 29.7 Å². The van der Waals surface area contributed by atoms with Crippen LogP contribution in [0.5, 0.6) is 0 Å². The van der Waals surface area contributed by atoms with Crippen LogP contribution in [0.25, 0.3) is 0 Å². The molecule has 0 aliphatic carbocycles. The molecule has 0 saturated carbocycles. The van der Waals surface area contributed by atoms with Crippen molar-refractivity contribution in [3.8, 4) is 0 Å². The van der Waals surface area contributed by atoms with Crippen molar-refractivity contribution in [1.82, 2.24) is 4.90 Å². The molecule has 0 spiro atoms. The second kappa shape index (κ2) is 7.88. The predicted molar refractivity (Wildman–Crippen MR) is 87.8 cm³/mol. The molecule has 0 saturated heterocycles. The van der Waals surface area contributed by atoms with Gasteiger partial charge in [-0.2, -0.15) is 0 Å². The Morgan fingerprint density at radius 1 is 1.26 bits per heavy atom. The second-order valence-corrected chi connectivity index (χ2v) is 6.09. The van der Waals surface area contributed by atoms with Crippen LogP contribution in [0.4, 0.5) is 5.69 Å². The maximum Gasteiger partial charge on any atom is 0.0377 e. The first-order valence-electron chi connectivity index (χ1n) is 6.90. The van der Waals surface area contributed by atoms with Crippen molar-refractivity contribution in [3.05, 3.63) is 28.2 Å². The molecule has 3 nitrogen and oxygen atoms in total. The molecular formula is C15H26BrN3. The van der Waals surface area contributed by atoms with Crippen molar-refractivity contribution < 1.29 is 0 Å². The van der Waals surface area contributed by atoms with Crippen molar-refractivity contribution in [2.45, 2.75) is 26.3 Å². The highest BCUT2D eigenvalue weighted by Crippen LogP contribution is 2.27. The van der Waals surface area contributed by atoms with E-state index in [0.29, 0.717) is 0 Å². The third-order valence-electron chi connectivity index (χ3n) is 3.25. The van der Waals surface area contributed by atoms with Crippen LogP contribution in [0.15, 0.2) is 22.7 Å². The van der Waals surface area contributed by atoms with E-state index >= 15 is 0 Å². The van der Waals surface area contributed by atoms with Crippen LogP contribution in [0, 0.1) is 0 Å². The zero-order valence-corrected chi connectivity index (χ0v) is 14.1. The van der Waals surface area contributed by atoms with E-state index in [1.54, 1.807) is 0 Å². The Kier molecular flexibility index (Phi) is 6.83. The van der Waals surface area contributed by atoms with Gasteiger partial charge < -0.3 is 15.5 Å². The van der Waals surface area contributed by atoms with Gasteiger partial charge in [-0.25, -0.2) is 0 Å². The maximum absolute atomic E-state index is 5.94. The van der Waals surface area contributed by atoms with Crippen LogP contribution >= 0.6 is 15.9 Å². The number of halogens is 1. The normalized spacial score (nSPS) is 12.8. The lowest BCUT2D eigenvalue weighted by Crippen LogP contribution is -2.27. The molecule has 2 N–H and O–H groups in total. The van der Waals surface area contributed by atoms with Gasteiger partial charge in [-0.1, -0.05) is 22.0 Å². The molecule has 4 heteroatoms. The first-order valence-corrected chi connectivity index (χ1v) is 7.69. The summed E-state index contributed by atoms with van der Waals surface area (Å²) in [5.74, 6) is 0. The van der Waals surface area contributed by atoms with Crippen molar-refractivity contribution >= 4 is 21.6 Å². The van der Waals surface area contributed by atoms with Crippen molar-refractivity contribution in [1.29, 1.82) is 0 Å². The molecule has 0 bridgehead atoms. The summed E-state index contributed by atoms with van der Waals surface area (Å²) in [6.07, 6.45) is 1.17. The predicted octanol–water partition coefficient (Wildman–Crippen LogP) is 3.25. The minimum atomic E-state index is 0.0623. The van der Waals surface area contributed by atoms with Crippen LogP contribution < -0.4 is 10.6 Å². The Bertz CT molecular complexity index is 391. The average molecular weight is 328 g/mol. The number of nitrogens with zero attached hydrogens (tertiary/aromatic N) is 2. The van der Waals surface area contributed by atoms with Gasteiger partial charge >= 0.3 is 0 Å². The van der Waals surface area contributed by atoms with Gasteiger partial charge in [0, 0.05) is 29.3 Å². The molecule has 0 radical (unpaired) electrons. The standard InChI is InChI=1S/C15H26BrN3/c1-5-19(10-6-9-18(3)4)13-7-8-14(12(2)17)15(16)11-13/h7-8,11-12H,5-6,9-10,17H2,1-4H3/t12-/m1/s1. The van der Waals surface area contributed by atoms with Gasteiger partial charge in [0.05, 0.1) is 0 Å². The smallest absolute Gasteiger partial charge is 0.0377 e. The summed E-state index contributed by atoms with van der Waals surface area (Å²) in [6, 6.07) is 6.53. The number of hydrogen-bond donors (Lipinski definition) is 1. The van der Waals surface area contributed by atoms with Crippen molar-refractivity contribution in [2.24, 2.45) is 5.73 Å². The number of rotatable bonds is 7. The molecule has 1 atom stereocenters. The first-order chi connectivity index (χ1) is 8.95. The maximum atomic E-state index is 5.94. The fraction of sp³-hybridized carbons (Fsp3) is 0.600. The average Bonchev–Trinajstić information content (AvgIpc) is 2.33. The number of nitrogens with two attached hydrogens (primary N) is 1. The SMILES string of the molecule is CCN(CCCN(C)C)c1ccc([C@@H](C)N)c(Br)c1. The molecule has 0 aliphatic heterocycles. The molecule has 0 aromatic heterocycles. The fourth-order valence-corrected chi connectivity index (χ4v) is 2.86. The summed E-state index contributed by atoms with van der Waals surface area (Å²) < 4.78 is 1.10. The van der Waals surface area contributed by atoms with Crippen LogP contribution in [0.2, 0.25) is 0 Å². The van der Waals surface area contributed by atoms with Gasteiger partial charge in [0.2, 0.25) is 0 Å². The van der Waals surface area contributed by atoms with Gasteiger partial charge in [-0.3, -0.25) is 0 Å². The van der Waals surface area contributed by atoms with Gasteiger partial charge in [-0.15, -0.1) is 0 Å². The highest BCUT2D eigenvalue weighted by molar-refractivity contribution is 9.10. The van der Waals surface area contributed by atoms with Gasteiger partial charge in [0.1, 0.15) is 0 Å². The Morgan fingerprint density at radius 2 is 1.95 bits per heavy atom. The van der Waals surface area contributed by atoms with Crippen molar-refractivity contribution in [3.63, 3.8) is 0 Å². The highest BCUT2D eigenvalue weighted by atomic mass is 79.9. The Morgan fingerprint density at radius 3 is 2.42 bits per heavy atom. The molecule has 1 rings (SSSR count). The van der Waals surface area contributed by atoms with Gasteiger partial charge in [0.25, 0.3) is 0 Å². The third-order valence-corrected chi connectivity index (χ3v) is 3.94. The van der Waals surface area contributed by atoms with E-state index in [9.17, 15) is 0 Å². The lowest BCUT2D eigenvalue weighted by Gasteiger charge is -2.25. The van der Waals surface area contributed by atoms with Gasteiger partial charge in [-0.05, 0) is 58.6 Å². The van der Waals surface area contributed by atoms with Crippen LogP contribution in [0.3, 0.4) is 0 Å². The number of anilines is 1. The van der Waals surface area contributed by atoms with E-state index in [2.05, 4.69) is 64.9 Å². The van der Waals surface area contributed by atoms with Gasteiger partial charge in [0.15, 0.2) is 0 Å². The minimum Gasteiger partial charge on any atom is -0.372 e. The van der Waals surface area contributed by atoms with Crippen LogP contribution in [0.1, 0.15) is 31.9 Å². The van der Waals surface area contributed by atoms with E-state index in [1.807, 2.05) is 6.92 Å². The zero-order chi connectivity index (χ0) is 14.4. The topological polar surface area (TPSA) is 32.5 Å². The molecule has 0 amide bonds. The molecule has 0 unspecified atom stereocenters. The molecule has 19 heavy (non-hydrogen) atoms. The molecular weight excluding hydrogens is 302 g/mol. The second-order valence-electron chi connectivity index (χ2n) is 5.23. The highest BCUT2D eigenvalue weighted by Gasteiger charge is 2.09.